The van der Waals surface area contributed by atoms with E-state index in [1.807, 2.05) is 6.07 Å². The van der Waals surface area contributed by atoms with Gasteiger partial charge in [0.25, 0.3) is 0 Å². The second-order valence-corrected chi connectivity index (χ2v) is 5.29. The van der Waals surface area contributed by atoms with Crippen LogP contribution in [0.3, 0.4) is 0 Å². The van der Waals surface area contributed by atoms with E-state index in [-0.39, 0.29) is 11.3 Å². The normalized spacial score (nSPS) is 11.1. The summed E-state index contributed by atoms with van der Waals surface area (Å²) < 4.78 is 10.7. The number of Topliss-reactive ketones (excluding diaryl/α,β-unsaturated/α-hetero) is 1. The first kappa shape index (κ1) is 15.9. The topological polar surface area (TPSA) is 83.5 Å². The van der Waals surface area contributed by atoms with E-state index < -0.39 is 5.78 Å². The summed E-state index contributed by atoms with van der Waals surface area (Å²) in [6, 6.07) is 6.37. The van der Waals surface area contributed by atoms with Crippen molar-refractivity contribution in [2.24, 2.45) is 0 Å². The summed E-state index contributed by atoms with van der Waals surface area (Å²) in [6.45, 7) is 1.65. The number of halogens is 1. The maximum Gasteiger partial charge on any atom is 0.207 e. The Labute approximate surface area is 135 Å². The fourth-order valence-electron chi connectivity index (χ4n) is 1.90. The number of furan rings is 1. The van der Waals surface area contributed by atoms with E-state index in [0.717, 1.165) is 0 Å². The van der Waals surface area contributed by atoms with E-state index >= 15 is 0 Å². The van der Waals surface area contributed by atoms with Crippen LogP contribution in [0.2, 0.25) is 0 Å². The van der Waals surface area contributed by atoms with Crippen molar-refractivity contribution in [3.05, 3.63) is 51.4 Å². The van der Waals surface area contributed by atoms with Gasteiger partial charge in [-0.2, -0.15) is 5.26 Å². The number of hydrogen-bond acceptors (Lipinski definition) is 5. The Morgan fingerprint density at radius 2 is 2.23 bits per heavy atom. The van der Waals surface area contributed by atoms with Gasteiger partial charge in [0, 0.05) is 4.47 Å². The van der Waals surface area contributed by atoms with Crippen molar-refractivity contribution in [2.45, 2.75) is 6.92 Å². The van der Waals surface area contributed by atoms with Crippen molar-refractivity contribution in [1.29, 1.82) is 5.26 Å². The lowest BCUT2D eigenvalue weighted by atomic mass is 10.0. The number of methoxy groups -OCH3 is 1. The zero-order valence-electron chi connectivity index (χ0n) is 11.9. The fourth-order valence-corrected chi connectivity index (χ4v) is 2.34. The number of aryl methyl sites for hydroxylation is 1. The van der Waals surface area contributed by atoms with Crippen LogP contribution in [0.5, 0.6) is 11.5 Å². The molecule has 1 aromatic heterocycles. The van der Waals surface area contributed by atoms with Gasteiger partial charge >= 0.3 is 0 Å². The molecule has 0 aliphatic carbocycles. The van der Waals surface area contributed by atoms with Gasteiger partial charge in [0.05, 0.1) is 18.9 Å². The van der Waals surface area contributed by atoms with Gasteiger partial charge in [0.15, 0.2) is 11.5 Å². The lowest BCUT2D eigenvalue weighted by Gasteiger charge is -2.07. The van der Waals surface area contributed by atoms with Gasteiger partial charge in [-0.25, -0.2) is 0 Å². The molecular formula is C16H12BrNO4. The third-order valence-corrected chi connectivity index (χ3v) is 3.75. The highest BCUT2D eigenvalue weighted by Gasteiger charge is 2.17. The largest absolute Gasteiger partial charge is 0.504 e. The molecule has 0 saturated carbocycles. The number of allylic oxidation sites excluding steroid dienone is 1. The predicted octanol–water partition coefficient (Wildman–Crippen LogP) is 3.85. The summed E-state index contributed by atoms with van der Waals surface area (Å²) in [5.41, 5.74) is 0.765. The van der Waals surface area contributed by atoms with Crippen LogP contribution in [0.25, 0.3) is 6.08 Å². The average molecular weight is 362 g/mol. The third kappa shape index (κ3) is 3.05. The van der Waals surface area contributed by atoms with Crippen molar-refractivity contribution < 1.29 is 19.1 Å². The summed E-state index contributed by atoms with van der Waals surface area (Å²) in [7, 11) is 1.43. The van der Waals surface area contributed by atoms with Crippen molar-refractivity contribution in [2.75, 3.05) is 7.11 Å². The van der Waals surface area contributed by atoms with Crippen LogP contribution in [0.15, 0.2) is 38.9 Å². The Bertz CT molecular complexity index is 799. The number of phenols is 1. The van der Waals surface area contributed by atoms with Gasteiger partial charge in [-0.05, 0) is 36.8 Å². The Hall–Kier alpha value is -2.52. The highest BCUT2D eigenvalue weighted by molar-refractivity contribution is 9.10. The van der Waals surface area contributed by atoms with E-state index in [9.17, 15) is 15.2 Å². The number of nitriles is 1. The van der Waals surface area contributed by atoms with Crippen LogP contribution < -0.4 is 4.74 Å². The minimum atomic E-state index is -0.434. The number of aromatic hydroxyl groups is 1. The number of phenolic OH excluding ortho intramolecular Hbond substituents is 1. The van der Waals surface area contributed by atoms with Crippen molar-refractivity contribution in [3.8, 4) is 17.6 Å². The number of ketones is 1. The summed E-state index contributed by atoms with van der Waals surface area (Å²) in [5, 5.41) is 19.0. The van der Waals surface area contributed by atoms with Crippen LogP contribution in [0, 0.1) is 18.3 Å². The molecule has 0 atom stereocenters. The van der Waals surface area contributed by atoms with Crippen LogP contribution in [-0.4, -0.2) is 18.0 Å². The average Bonchev–Trinajstić information content (AvgIpc) is 2.93. The predicted molar refractivity (Wildman–Crippen MR) is 83.7 cm³/mol. The molecule has 0 bridgehead atoms. The molecule has 6 heteroatoms. The van der Waals surface area contributed by atoms with Gasteiger partial charge in [-0.15, -0.1) is 0 Å². The van der Waals surface area contributed by atoms with Gasteiger partial charge < -0.3 is 14.3 Å². The van der Waals surface area contributed by atoms with E-state index in [1.54, 1.807) is 13.0 Å². The number of rotatable bonds is 4. The number of carbonyl (C=O) groups excluding carboxylic acids is 1. The molecule has 1 aromatic carbocycles. The molecule has 1 heterocycles. The highest BCUT2D eigenvalue weighted by Crippen LogP contribution is 2.33. The number of hydrogen-bond donors (Lipinski definition) is 1. The monoisotopic (exact) mass is 361 g/mol. The third-order valence-electron chi connectivity index (χ3n) is 3.07. The molecule has 2 rings (SSSR count). The number of carbonyl (C=O) groups is 1. The molecule has 0 unspecified atom stereocenters. The molecule has 0 aliphatic heterocycles. The number of nitrogens with zero attached hydrogens (tertiary/aromatic N) is 1. The van der Waals surface area contributed by atoms with E-state index in [1.165, 1.54) is 31.6 Å². The summed E-state index contributed by atoms with van der Waals surface area (Å²) in [6.07, 6.45) is 2.80. The molecule has 0 fully saturated rings. The van der Waals surface area contributed by atoms with Crippen LogP contribution in [-0.2, 0) is 0 Å². The first-order valence-corrected chi connectivity index (χ1v) is 7.04. The molecule has 0 aliphatic rings. The minimum Gasteiger partial charge on any atom is -0.504 e. The smallest absolute Gasteiger partial charge is 0.207 e. The number of benzene rings is 1. The van der Waals surface area contributed by atoms with Crippen molar-refractivity contribution in [1.82, 2.24) is 0 Å². The lowest BCUT2D eigenvalue weighted by Crippen LogP contribution is -2.02. The Morgan fingerprint density at radius 1 is 1.50 bits per heavy atom. The minimum absolute atomic E-state index is 0.0604. The zero-order valence-corrected chi connectivity index (χ0v) is 13.5. The summed E-state index contributed by atoms with van der Waals surface area (Å²) >= 11 is 3.32. The number of ether oxygens (including phenoxy) is 1. The second-order valence-electron chi connectivity index (χ2n) is 4.43. The molecule has 0 radical (unpaired) electrons. The zero-order chi connectivity index (χ0) is 16.3. The SMILES string of the molecule is COc1cc(Br)c(/C=C(\C#N)C(=O)c2ccoc2C)cc1O. The van der Waals surface area contributed by atoms with E-state index in [2.05, 4.69) is 15.9 Å². The molecule has 1 N–H and O–H groups in total. The fraction of sp³-hybridized carbons (Fsp3) is 0.125. The first-order valence-electron chi connectivity index (χ1n) is 6.25. The second kappa shape index (κ2) is 6.50. The summed E-state index contributed by atoms with van der Waals surface area (Å²) in [5.74, 6) is 0.222. The summed E-state index contributed by atoms with van der Waals surface area (Å²) in [4.78, 5) is 12.3. The van der Waals surface area contributed by atoms with Crippen LogP contribution >= 0.6 is 15.9 Å². The van der Waals surface area contributed by atoms with Crippen molar-refractivity contribution in [3.63, 3.8) is 0 Å². The molecular weight excluding hydrogens is 350 g/mol. The molecule has 22 heavy (non-hydrogen) atoms. The molecule has 2 aromatic rings. The van der Waals surface area contributed by atoms with E-state index in [0.29, 0.717) is 27.1 Å². The van der Waals surface area contributed by atoms with Gasteiger partial charge in [-0.1, -0.05) is 15.9 Å². The van der Waals surface area contributed by atoms with E-state index in [4.69, 9.17) is 9.15 Å². The maximum atomic E-state index is 12.3. The molecule has 0 amide bonds. The standard InChI is InChI=1S/C16H12BrNO4/c1-9-12(3-4-22-9)16(20)11(8-18)5-10-6-14(19)15(21-2)7-13(10)17/h3-7,19H,1-2H3/b11-5+. The Balaban J connectivity index is 2.46. The highest BCUT2D eigenvalue weighted by atomic mass is 79.9. The first-order chi connectivity index (χ1) is 10.5. The quantitative estimate of drug-likeness (QED) is 0.507. The van der Waals surface area contributed by atoms with Gasteiger partial charge in [0.1, 0.15) is 17.4 Å². The Morgan fingerprint density at radius 3 is 2.77 bits per heavy atom. The van der Waals surface area contributed by atoms with Crippen LogP contribution in [0.1, 0.15) is 21.7 Å². The molecule has 0 spiro atoms. The van der Waals surface area contributed by atoms with Crippen LogP contribution in [0.4, 0.5) is 0 Å². The van der Waals surface area contributed by atoms with Crippen molar-refractivity contribution >= 4 is 27.8 Å². The Kier molecular flexibility index (Phi) is 4.68. The lowest BCUT2D eigenvalue weighted by molar-refractivity contribution is 0.103. The molecule has 5 nitrogen and oxygen atoms in total. The van der Waals surface area contributed by atoms with Gasteiger partial charge in [-0.3, -0.25) is 4.79 Å². The molecule has 0 saturated heterocycles. The maximum absolute atomic E-state index is 12.3. The molecule has 112 valence electrons. The van der Waals surface area contributed by atoms with Gasteiger partial charge in [0.2, 0.25) is 5.78 Å².